The quantitative estimate of drug-likeness (QED) is 0.560. The standard InChI is InChI=1S/C25H31N5O2/c31-25(21-18-20-7-4-11-26-24(20)28-21)27-10-1-2-12-29-13-15-30(16-14-29)22-9-3-6-19-8-5-17-32-23(19)22/h3-4,6-7,9,11,18H,1-2,5,8,10,12-17H2,(H,26,28)(H,27,31). The maximum absolute atomic E-state index is 12.4. The van der Waals surface area contributed by atoms with Gasteiger partial charge in [-0.25, -0.2) is 4.98 Å². The maximum Gasteiger partial charge on any atom is 0.267 e. The van der Waals surface area contributed by atoms with Gasteiger partial charge >= 0.3 is 0 Å². The van der Waals surface area contributed by atoms with Crippen molar-refractivity contribution in [3.63, 3.8) is 0 Å². The molecule has 2 N–H and O–H groups in total. The minimum atomic E-state index is -0.0648. The number of benzene rings is 1. The van der Waals surface area contributed by atoms with Crippen molar-refractivity contribution in [2.75, 3.05) is 50.8 Å². The van der Waals surface area contributed by atoms with Crippen molar-refractivity contribution in [2.45, 2.75) is 25.7 Å². The number of nitrogens with one attached hydrogen (secondary N) is 2. The van der Waals surface area contributed by atoms with Gasteiger partial charge in [-0.2, -0.15) is 0 Å². The van der Waals surface area contributed by atoms with Gasteiger partial charge in [-0.05, 0) is 62.1 Å². The summed E-state index contributed by atoms with van der Waals surface area (Å²) in [6.45, 7) is 6.79. The molecular formula is C25H31N5O2. The summed E-state index contributed by atoms with van der Waals surface area (Å²) in [7, 11) is 0. The van der Waals surface area contributed by atoms with Gasteiger partial charge in [0.15, 0.2) is 0 Å². The van der Waals surface area contributed by atoms with Crippen molar-refractivity contribution in [1.82, 2.24) is 20.2 Å². The van der Waals surface area contributed by atoms with E-state index in [1.807, 2.05) is 18.2 Å². The summed E-state index contributed by atoms with van der Waals surface area (Å²) in [6.07, 6.45) is 6.02. The van der Waals surface area contributed by atoms with E-state index in [0.717, 1.165) is 81.8 Å². The van der Waals surface area contributed by atoms with Crippen molar-refractivity contribution in [1.29, 1.82) is 0 Å². The molecule has 0 bridgehead atoms. The molecule has 1 aromatic carbocycles. The summed E-state index contributed by atoms with van der Waals surface area (Å²) in [5.41, 5.74) is 3.93. The number of carbonyl (C=O) groups is 1. The molecule has 0 saturated carbocycles. The van der Waals surface area contributed by atoms with Gasteiger partial charge in [0.25, 0.3) is 5.91 Å². The number of rotatable bonds is 7. The number of H-pyrrole nitrogens is 1. The van der Waals surface area contributed by atoms with Crippen molar-refractivity contribution in [3.05, 3.63) is 53.9 Å². The molecule has 168 valence electrons. The van der Waals surface area contributed by atoms with E-state index in [1.165, 1.54) is 11.3 Å². The van der Waals surface area contributed by atoms with Gasteiger partial charge in [0.05, 0.1) is 12.3 Å². The highest BCUT2D eigenvalue weighted by Gasteiger charge is 2.22. The van der Waals surface area contributed by atoms with Crippen LogP contribution in [0.25, 0.3) is 11.0 Å². The third-order valence-corrected chi connectivity index (χ3v) is 6.45. The number of nitrogens with zero attached hydrogens (tertiary/aromatic N) is 3. The maximum atomic E-state index is 12.4. The van der Waals surface area contributed by atoms with Gasteiger partial charge in [-0.3, -0.25) is 9.69 Å². The molecule has 7 heteroatoms. The van der Waals surface area contributed by atoms with E-state index >= 15 is 0 Å². The van der Waals surface area contributed by atoms with Gasteiger partial charge in [-0.15, -0.1) is 0 Å². The fourth-order valence-corrected chi connectivity index (χ4v) is 4.67. The summed E-state index contributed by atoms with van der Waals surface area (Å²) in [5, 5.41) is 3.97. The number of anilines is 1. The molecule has 2 aliphatic heterocycles. The molecule has 0 aliphatic carbocycles. The molecule has 5 rings (SSSR count). The number of ether oxygens (including phenoxy) is 1. The van der Waals surface area contributed by atoms with E-state index in [-0.39, 0.29) is 5.91 Å². The molecule has 0 spiro atoms. The topological polar surface area (TPSA) is 73.5 Å². The number of piperazine rings is 1. The van der Waals surface area contributed by atoms with E-state index in [4.69, 9.17) is 4.74 Å². The number of pyridine rings is 1. The Morgan fingerprint density at radius 2 is 2.03 bits per heavy atom. The first kappa shape index (κ1) is 20.8. The van der Waals surface area contributed by atoms with Gasteiger partial charge < -0.3 is 19.9 Å². The Hall–Kier alpha value is -3.06. The highest BCUT2D eigenvalue weighted by Crippen LogP contribution is 2.35. The van der Waals surface area contributed by atoms with Crippen LogP contribution in [0.3, 0.4) is 0 Å². The predicted molar refractivity (Wildman–Crippen MR) is 127 cm³/mol. The molecule has 1 fully saturated rings. The molecule has 3 aromatic rings. The van der Waals surface area contributed by atoms with Crippen molar-refractivity contribution in [3.8, 4) is 5.75 Å². The smallest absolute Gasteiger partial charge is 0.267 e. The van der Waals surface area contributed by atoms with Crippen LogP contribution in [-0.2, 0) is 6.42 Å². The normalized spacial score (nSPS) is 16.6. The van der Waals surface area contributed by atoms with Crippen LogP contribution in [0.2, 0.25) is 0 Å². The molecule has 0 radical (unpaired) electrons. The fraction of sp³-hybridized carbons (Fsp3) is 0.440. The largest absolute Gasteiger partial charge is 0.491 e. The molecule has 0 atom stereocenters. The Kier molecular flexibility index (Phi) is 6.25. The zero-order valence-corrected chi connectivity index (χ0v) is 18.5. The lowest BCUT2D eigenvalue weighted by Crippen LogP contribution is -2.46. The molecule has 2 aromatic heterocycles. The lowest BCUT2D eigenvalue weighted by molar-refractivity contribution is 0.0948. The van der Waals surface area contributed by atoms with Crippen molar-refractivity contribution < 1.29 is 9.53 Å². The van der Waals surface area contributed by atoms with Gasteiger partial charge in [0.2, 0.25) is 0 Å². The first-order valence-electron chi connectivity index (χ1n) is 11.7. The van der Waals surface area contributed by atoms with Crippen LogP contribution in [-0.4, -0.2) is 66.7 Å². The second-order valence-electron chi connectivity index (χ2n) is 8.63. The van der Waals surface area contributed by atoms with Crippen LogP contribution >= 0.6 is 0 Å². The number of fused-ring (bicyclic) bond motifs is 2. The van der Waals surface area contributed by atoms with E-state index in [0.29, 0.717) is 12.2 Å². The van der Waals surface area contributed by atoms with Crippen LogP contribution in [0.1, 0.15) is 35.3 Å². The molecule has 2 aliphatic rings. The number of unbranched alkanes of at least 4 members (excludes halogenated alkanes) is 1. The molecule has 1 amide bonds. The molecule has 32 heavy (non-hydrogen) atoms. The summed E-state index contributed by atoms with van der Waals surface area (Å²) in [6, 6.07) is 12.2. The Labute approximate surface area is 188 Å². The van der Waals surface area contributed by atoms with Crippen LogP contribution in [0.4, 0.5) is 5.69 Å². The fourth-order valence-electron chi connectivity index (χ4n) is 4.67. The predicted octanol–water partition coefficient (Wildman–Crippen LogP) is 3.22. The number of aromatic amines is 1. The van der Waals surface area contributed by atoms with E-state index < -0.39 is 0 Å². The Morgan fingerprint density at radius 1 is 1.12 bits per heavy atom. The van der Waals surface area contributed by atoms with Crippen molar-refractivity contribution >= 4 is 22.6 Å². The molecule has 0 unspecified atom stereocenters. The van der Waals surface area contributed by atoms with Crippen LogP contribution in [0.15, 0.2) is 42.6 Å². The van der Waals surface area contributed by atoms with E-state index in [9.17, 15) is 4.79 Å². The Morgan fingerprint density at radius 3 is 2.91 bits per heavy atom. The van der Waals surface area contributed by atoms with Crippen molar-refractivity contribution in [2.24, 2.45) is 0 Å². The summed E-state index contributed by atoms with van der Waals surface area (Å²) in [4.78, 5) is 24.7. The summed E-state index contributed by atoms with van der Waals surface area (Å²) >= 11 is 0. The monoisotopic (exact) mass is 433 g/mol. The summed E-state index contributed by atoms with van der Waals surface area (Å²) < 4.78 is 6.00. The second-order valence-corrected chi connectivity index (χ2v) is 8.63. The third-order valence-electron chi connectivity index (χ3n) is 6.45. The lowest BCUT2D eigenvalue weighted by atomic mass is 10.0. The molecule has 1 saturated heterocycles. The van der Waals surface area contributed by atoms with Gasteiger partial charge in [-0.1, -0.05) is 12.1 Å². The molecule has 4 heterocycles. The first-order chi connectivity index (χ1) is 15.8. The number of amides is 1. The average molecular weight is 434 g/mol. The number of carbonyl (C=O) groups excluding carboxylic acids is 1. The van der Waals surface area contributed by atoms with E-state index in [1.54, 1.807) is 6.20 Å². The highest BCUT2D eigenvalue weighted by molar-refractivity contribution is 5.97. The Bertz CT molecular complexity index is 1040. The molecule has 7 nitrogen and oxygen atoms in total. The minimum absolute atomic E-state index is 0.0648. The van der Waals surface area contributed by atoms with Crippen LogP contribution in [0.5, 0.6) is 5.75 Å². The third kappa shape index (κ3) is 4.58. The number of aromatic nitrogens is 2. The molecular weight excluding hydrogens is 402 g/mol. The first-order valence-corrected chi connectivity index (χ1v) is 11.7. The Balaban J connectivity index is 1.03. The second kappa shape index (κ2) is 9.61. The number of para-hydroxylation sites is 1. The van der Waals surface area contributed by atoms with Crippen LogP contribution in [0, 0.1) is 0 Å². The lowest BCUT2D eigenvalue weighted by Gasteiger charge is -2.37. The zero-order valence-electron chi connectivity index (χ0n) is 18.5. The SMILES string of the molecule is O=C(NCCCCN1CCN(c2cccc3c2OCCC3)CC1)c1cc2cccnc2[nH]1. The zero-order chi connectivity index (χ0) is 21.8. The summed E-state index contributed by atoms with van der Waals surface area (Å²) in [5.74, 6) is 1.04. The minimum Gasteiger partial charge on any atom is -0.491 e. The number of hydrogen-bond donors (Lipinski definition) is 2. The average Bonchev–Trinajstić information content (AvgIpc) is 3.28. The van der Waals surface area contributed by atoms with E-state index in [2.05, 4.69) is 43.3 Å². The number of hydrogen-bond acceptors (Lipinski definition) is 5. The highest BCUT2D eigenvalue weighted by atomic mass is 16.5. The van der Waals surface area contributed by atoms with Crippen LogP contribution < -0.4 is 15.0 Å². The van der Waals surface area contributed by atoms with Gasteiger partial charge in [0.1, 0.15) is 17.1 Å². The number of aryl methyl sites for hydroxylation is 1. The van der Waals surface area contributed by atoms with Gasteiger partial charge in [0, 0.05) is 44.3 Å².